The van der Waals surface area contributed by atoms with Gasteiger partial charge in [0.15, 0.2) is 0 Å². The van der Waals surface area contributed by atoms with Gasteiger partial charge in [0.1, 0.15) is 0 Å². The molecule has 0 spiro atoms. The molecule has 1 unspecified atom stereocenters. The van der Waals surface area contributed by atoms with Crippen LogP contribution in [0.5, 0.6) is 0 Å². The van der Waals surface area contributed by atoms with Crippen LogP contribution >= 0.6 is 0 Å². The van der Waals surface area contributed by atoms with Crippen molar-refractivity contribution in [3.05, 3.63) is 0 Å². The highest BCUT2D eigenvalue weighted by atomic mass is 16.5. The van der Waals surface area contributed by atoms with Crippen LogP contribution in [-0.2, 0) is 9.47 Å². The van der Waals surface area contributed by atoms with E-state index in [4.69, 9.17) is 15.2 Å². The van der Waals surface area contributed by atoms with Crippen molar-refractivity contribution in [1.82, 2.24) is 0 Å². The van der Waals surface area contributed by atoms with E-state index >= 15 is 0 Å². The minimum absolute atomic E-state index is 0.108. The first-order chi connectivity index (χ1) is 5.08. The third-order valence-electron chi connectivity index (χ3n) is 2.96. The van der Waals surface area contributed by atoms with Crippen LogP contribution in [0, 0.1) is 5.41 Å². The van der Waals surface area contributed by atoms with Gasteiger partial charge < -0.3 is 15.2 Å². The summed E-state index contributed by atoms with van der Waals surface area (Å²) in [6.45, 7) is 6.24. The van der Waals surface area contributed by atoms with E-state index in [0.717, 1.165) is 13.2 Å². The summed E-state index contributed by atoms with van der Waals surface area (Å²) in [6.07, 6.45) is 0. The fourth-order valence-electron chi connectivity index (χ4n) is 1.29. The third kappa shape index (κ3) is 1.17. The van der Waals surface area contributed by atoms with E-state index in [0.29, 0.717) is 6.54 Å². The van der Waals surface area contributed by atoms with Gasteiger partial charge in [-0.15, -0.1) is 0 Å². The Morgan fingerprint density at radius 2 is 2.18 bits per heavy atom. The molecular formula is C8H17NO2. The van der Waals surface area contributed by atoms with E-state index in [1.165, 1.54) is 0 Å². The van der Waals surface area contributed by atoms with Gasteiger partial charge in [-0.1, -0.05) is 6.92 Å². The summed E-state index contributed by atoms with van der Waals surface area (Å²) < 4.78 is 10.5. The molecule has 1 atom stereocenters. The summed E-state index contributed by atoms with van der Waals surface area (Å²) in [5, 5.41) is 0. The van der Waals surface area contributed by atoms with Gasteiger partial charge in [-0.3, -0.25) is 0 Å². The molecule has 1 saturated heterocycles. The minimum atomic E-state index is -0.231. The van der Waals surface area contributed by atoms with E-state index in [2.05, 4.69) is 6.92 Å². The highest BCUT2D eigenvalue weighted by Crippen LogP contribution is 2.39. The van der Waals surface area contributed by atoms with Crippen molar-refractivity contribution in [3.8, 4) is 0 Å². The van der Waals surface area contributed by atoms with Crippen LogP contribution in [0.2, 0.25) is 0 Å². The summed E-state index contributed by atoms with van der Waals surface area (Å²) in [7, 11) is 1.70. The van der Waals surface area contributed by atoms with E-state index in [1.54, 1.807) is 7.11 Å². The Bertz CT molecular complexity index is 139. The molecule has 3 nitrogen and oxygen atoms in total. The van der Waals surface area contributed by atoms with Crippen molar-refractivity contribution in [2.75, 3.05) is 26.9 Å². The molecule has 1 heterocycles. The number of hydrogen-bond acceptors (Lipinski definition) is 3. The molecule has 0 radical (unpaired) electrons. The molecule has 0 aromatic rings. The first kappa shape index (κ1) is 8.97. The van der Waals surface area contributed by atoms with Crippen LogP contribution in [0.1, 0.15) is 13.8 Å². The maximum absolute atomic E-state index is 5.63. The zero-order chi connectivity index (χ0) is 8.54. The highest BCUT2D eigenvalue weighted by Gasteiger charge is 2.49. The first-order valence-corrected chi connectivity index (χ1v) is 3.91. The zero-order valence-electron chi connectivity index (χ0n) is 7.52. The average molecular weight is 159 g/mol. The zero-order valence-corrected chi connectivity index (χ0v) is 7.52. The first-order valence-electron chi connectivity index (χ1n) is 3.91. The number of nitrogens with two attached hydrogens (primary N) is 1. The summed E-state index contributed by atoms with van der Waals surface area (Å²) in [5.41, 5.74) is 5.51. The quantitative estimate of drug-likeness (QED) is 0.647. The van der Waals surface area contributed by atoms with Crippen LogP contribution in [0.15, 0.2) is 0 Å². The lowest BCUT2D eigenvalue weighted by atomic mass is 9.72. The lowest BCUT2D eigenvalue weighted by Gasteiger charge is -2.50. The number of methoxy groups -OCH3 is 1. The maximum Gasteiger partial charge on any atom is 0.0869 e. The third-order valence-corrected chi connectivity index (χ3v) is 2.96. The highest BCUT2D eigenvalue weighted by molar-refractivity contribution is 4.99. The van der Waals surface area contributed by atoms with Gasteiger partial charge in [0, 0.05) is 19.1 Å². The van der Waals surface area contributed by atoms with E-state index in [1.807, 2.05) is 6.92 Å². The Labute approximate surface area is 67.9 Å². The monoisotopic (exact) mass is 159 g/mol. The van der Waals surface area contributed by atoms with Gasteiger partial charge in [-0.2, -0.15) is 0 Å². The van der Waals surface area contributed by atoms with Gasteiger partial charge in [0.2, 0.25) is 0 Å². The maximum atomic E-state index is 5.63. The molecule has 66 valence electrons. The predicted molar refractivity (Wildman–Crippen MR) is 43.4 cm³/mol. The summed E-state index contributed by atoms with van der Waals surface area (Å²) in [6, 6.07) is 0. The van der Waals surface area contributed by atoms with Crippen LogP contribution in [0.4, 0.5) is 0 Å². The Morgan fingerprint density at radius 1 is 1.64 bits per heavy atom. The second-order valence-electron chi connectivity index (χ2n) is 3.69. The molecule has 0 saturated carbocycles. The van der Waals surface area contributed by atoms with Crippen LogP contribution < -0.4 is 5.73 Å². The second kappa shape index (κ2) is 2.73. The second-order valence-corrected chi connectivity index (χ2v) is 3.69. The molecule has 2 N–H and O–H groups in total. The smallest absolute Gasteiger partial charge is 0.0869 e. The van der Waals surface area contributed by atoms with Crippen LogP contribution in [0.3, 0.4) is 0 Å². The van der Waals surface area contributed by atoms with E-state index in [9.17, 15) is 0 Å². The lowest BCUT2D eigenvalue weighted by molar-refractivity contribution is -0.212. The topological polar surface area (TPSA) is 44.5 Å². The van der Waals surface area contributed by atoms with Crippen molar-refractivity contribution < 1.29 is 9.47 Å². The molecule has 1 rings (SSSR count). The molecule has 0 amide bonds. The van der Waals surface area contributed by atoms with Crippen LogP contribution in [-0.4, -0.2) is 32.5 Å². The molecule has 1 aliphatic heterocycles. The summed E-state index contributed by atoms with van der Waals surface area (Å²) >= 11 is 0. The van der Waals surface area contributed by atoms with Crippen molar-refractivity contribution in [2.45, 2.75) is 19.4 Å². The van der Waals surface area contributed by atoms with Gasteiger partial charge in [-0.25, -0.2) is 0 Å². The number of rotatable bonds is 3. The normalized spacial score (nSPS) is 27.3. The molecular weight excluding hydrogens is 142 g/mol. The number of hydrogen-bond donors (Lipinski definition) is 1. The number of ether oxygens (including phenoxy) is 2. The Kier molecular flexibility index (Phi) is 2.23. The van der Waals surface area contributed by atoms with Crippen molar-refractivity contribution in [2.24, 2.45) is 11.1 Å². The molecule has 11 heavy (non-hydrogen) atoms. The van der Waals surface area contributed by atoms with Gasteiger partial charge >= 0.3 is 0 Å². The van der Waals surface area contributed by atoms with Gasteiger partial charge in [0.25, 0.3) is 0 Å². The SMILES string of the molecule is COC(C)(CN)C1(C)COC1. The molecule has 0 aliphatic carbocycles. The largest absolute Gasteiger partial charge is 0.380 e. The molecule has 1 fully saturated rings. The molecule has 0 aromatic carbocycles. The molecule has 0 aromatic heterocycles. The van der Waals surface area contributed by atoms with Gasteiger partial charge in [0.05, 0.1) is 18.8 Å². The van der Waals surface area contributed by atoms with Crippen molar-refractivity contribution in [3.63, 3.8) is 0 Å². The summed E-state index contributed by atoms with van der Waals surface area (Å²) in [5.74, 6) is 0. The van der Waals surface area contributed by atoms with Crippen LogP contribution in [0.25, 0.3) is 0 Å². The molecule has 1 aliphatic rings. The minimum Gasteiger partial charge on any atom is -0.380 e. The van der Waals surface area contributed by atoms with Gasteiger partial charge in [-0.05, 0) is 6.92 Å². The fourth-order valence-corrected chi connectivity index (χ4v) is 1.29. The Morgan fingerprint density at radius 3 is 2.27 bits per heavy atom. The van der Waals surface area contributed by atoms with Crippen molar-refractivity contribution in [1.29, 1.82) is 0 Å². The molecule has 3 heteroatoms. The summed E-state index contributed by atoms with van der Waals surface area (Å²) in [4.78, 5) is 0. The van der Waals surface area contributed by atoms with Crippen molar-refractivity contribution >= 4 is 0 Å². The molecule has 0 bridgehead atoms. The fraction of sp³-hybridized carbons (Fsp3) is 1.00. The van der Waals surface area contributed by atoms with E-state index in [-0.39, 0.29) is 11.0 Å². The Balaban J connectivity index is 2.67. The predicted octanol–water partition coefficient (Wildman–Crippen LogP) is 0.387. The Hall–Kier alpha value is -0.120. The van der Waals surface area contributed by atoms with E-state index < -0.39 is 0 Å². The lowest BCUT2D eigenvalue weighted by Crippen LogP contribution is -2.60. The average Bonchev–Trinajstić information content (AvgIpc) is 1.98. The standard InChI is InChI=1S/C8H17NO2/c1-7(5-11-6-7)8(2,4-9)10-3/h4-6,9H2,1-3H3.